The van der Waals surface area contributed by atoms with Crippen LogP contribution >= 0.6 is 0 Å². The van der Waals surface area contributed by atoms with Gasteiger partial charge in [-0.1, -0.05) is 45.0 Å². The van der Waals surface area contributed by atoms with Crippen LogP contribution in [0.3, 0.4) is 0 Å². The van der Waals surface area contributed by atoms with Crippen LogP contribution in [-0.2, 0) is 15.7 Å². The quantitative estimate of drug-likeness (QED) is 0.501. The molecule has 26 heavy (non-hydrogen) atoms. The summed E-state index contributed by atoms with van der Waals surface area (Å²) in [5.74, 6) is 0.630. The van der Waals surface area contributed by atoms with E-state index in [4.69, 9.17) is 4.84 Å². The molecule has 1 heterocycles. The molecule has 0 spiro atoms. The summed E-state index contributed by atoms with van der Waals surface area (Å²) in [5, 5.41) is 7.69. The zero-order chi connectivity index (χ0) is 18.9. The molecule has 1 saturated heterocycles. The van der Waals surface area contributed by atoms with Crippen molar-refractivity contribution in [3.63, 3.8) is 0 Å². The van der Waals surface area contributed by atoms with Gasteiger partial charge in [-0.05, 0) is 59.9 Å². The summed E-state index contributed by atoms with van der Waals surface area (Å²) in [4.78, 5) is 7.76. The van der Waals surface area contributed by atoms with E-state index in [1.54, 1.807) is 0 Å². The summed E-state index contributed by atoms with van der Waals surface area (Å²) in [5.41, 5.74) is 5.37. The Balaban J connectivity index is 1.80. The second-order valence-corrected chi connectivity index (χ2v) is 8.93. The minimum absolute atomic E-state index is 0.201. The highest BCUT2D eigenvalue weighted by Crippen LogP contribution is 2.45. The molecule has 0 saturated carbocycles. The van der Waals surface area contributed by atoms with Crippen LogP contribution in [0.15, 0.2) is 35.8 Å². The van der Waals surface area contributed by atoms with Crippen molar-refractivity contribution in [1.82, 2.24) is 10.2 Å². The average Bonchev–Trinajstić information content (AvgIpc) is 2.63. The van der Waals surface area contributed by atoms with Crippen LogP contribution in [0.25, 0.3) is 0 Å². The van der Waals surface area contributed by atoms with E-state index in [1.807, 2.05) is 6.92 Å². The van der Waals surface area contributed by atoms with E-state index in [2.05, 4.69) is 67.8 Å². The topological polar surface area (TPSA) is 36.9 Å². The van der Waals surface area contributed by atoms with E-state index in [9.17, 15) is 0 Å². The number of benzene rings is 1. The Hall–Kier alpha value is -1.81. The summed E-state index contributed by atoms with van der Waals surface area (Å²) < 4.78 is 0. The van der Waals surface area contributed by atoms with Crippen molar-refractivity contribution in [3.05, 3.63) is 47.4 Å². The molecule has 0 radical (unpaired) electrons. The van der Waals surface area contributed by atoms with Crippen molar-refractivity contribution >= 4 is 5.71 Å². The number of piperazine rings is 1. The van der Waals surface area contributed by atoms with Crippen LogP contribution in [0, 0.1) is 0 Å². The second kappa shape index (κ2) is 7.07. The van der Waals surface area contributed by atoms with Gasteiger partial charge in [0.25, 0.3) is 0 Å². The Morgan fingerprint density at radius 1 is 1.08 bits per heavy atom. The molecule has 1 N–H and O–H groups in total. The first kappa shape index (κ1) is 19.0. The number of nitrogens with one attached hydrogen (secondary N) is 1. The number of hydrogen-bond acceptors (Lipinski definition) is 4. The summed E-state index contributed by atoms with van der Waals surface area (Å²) in [7, 11) is 0. The smallest absolute Gasteiger partial charge is 0.218 e. The average molecular weight is 356 g/mol. The van der Waals surface area contributed by atoms with Gasteiger partial charge in [0.15, 0.2) is 0 Å². The van der Waals surface area contributed by atoms with Crippen molar-refractivity contribution in [2.75, 3.05) is 26.2 Å². The third-order valence-corrected chi connectivity index (χ3v) is 6.03. The lowest BCUT2D eigenvalue weighted by Crippen LogP contribution is -2.42. The predicted molar refractivity (Wildman–Crippen MR) is 109 cm³/mol. The molecule has 1 aliphatic heterocycles. The Morgan fingerprint density at radius 3 is 2.35 bits per heavy atom. The first-order valence-corrected chi connectivity index (χ1v) is 9.72. The first-order chi connectivity index (χ1) is 12.2. The first-order valence-electron chi connectivity index (χ1n) is 9.72. The minimum atomic E-state index is 0.201. The van der Waals surface area contributed by atoms with Crippen LogP contribution in [0.4, 0.5) is 0 Å². The molecule has 1 fully saturated rings. The number of fused-ring (bicyclic) bond motifs is 1. The van der Waals surface area contributed by atoms with Gasteiger partial charge in [-0.25, -0.2) is 0 Å². The van der Waals surface area contributed by atoms with Crippen LogP contribution in [-0.4, -0.2) is 36.8 Å². The summed E-state index contributed by atoms with van der Waals surface area (Å²) in [6, 6.07) is 6.78. The van der Waals surface area contributed by atoms with E-state index in [0.29, 0.717) is 5.88 Å². The maximum absolute atomic E-state index is 5.63. The van der Waals surface area contributed by atoms with Gasteiger partial charge in [0.1, 0.15) is 0 Å². The zero-order valence-corrected chi connectivity index (χ0v) is 17.0. The van der Waals surface area contributed by atoms with Gasteiger partial charge in [-0.2, -0.15) is 0 Å². The van der Waals surface area contributed by atoms with Gasteiger partial charge in [0.2, 0.25) is 5.88 Å². The molecule has 0 bridgehead atoms. The maximum Gasteiger partial charge on any atom is 0.218 e. The third kappa shape index (κ3) is 3.80. The Morgan fingerprint density at radius 2 is 1.69 bits per heavy atom. The van der Waals surface area contributed by atoms with E-state index in [-0.39, 0.29) is 10.8 Å². The van der Waals surface area contributed by atoms with Gasteiger partial charge in [0.05, 0.1) is 5.71 Å². The van der Waals surface area contributed by atoms with Crippen molar-refractivity contribution in [2.45, 2.75) is 58.3 Å². The predicted octanol–water partition coefficient (Wildman–Crippen LogP) is 4.15. The summed E-state index contributed by atoms with van der Waals surface area (Å²) >= 11 is 0. The molecule has 1 aromatic rings. The molecular formula is C22H33N3O. The van der Waals surface area contributed by atoms with Crippen molar-refractivity contribution in [1.29, 1.82) is 0 Å². The fourth-order valence-electron chi connectivity index (χ4n) is 3.96. The van der Waals surface area contributed by atoms with Crippen molar-refractivity contribution in [2.24, 2.45) is 5.16 Å². The normalized spacial score (nSPS) is 21.9. The SMILES string of the molecule is C=C(O/N=C(\C)c1ccc2c(c1)C(C)(C)CCC2(C)C)N1CCNCC1. The molecule has 2 aliphatic rings. The molecule has 0 aromatic heterocycles. The lowest BCUT2D eigenvalue weighted by atomic mass is 9.63. The van der Waals surface area contributed by atoms with Gasteiger partial charge in [-0.3, -0.25) is 0 Å². The standard InChI is InChI=1S/C22H33N3O/c1-16(24-26-17(2)25-13-11-23-12-14-25)18-7-8-19-20(15-18)22(5,6)10-9-21(19,3)4/h7-8,15,23H,2,9-14H2,1,3-6H3/b24-16+. The largest absolute Gasteiger partial charge is 0.339 e. The van der Waals surface area contributed by atoms with E-state index in [0.717, 1.165) is 37.5 Å². The minimum Gasteiger partial charge on any atom is -0.339 e. The molecule has 4 heteroatoms. The molecule has 0 unspecified atom stereocenters. The fraction of sp³-hybridized carbons (Fsp3) is 0.591. The number of oxime groups is 1. The fourth-order valence-corrected chi connectivity index (χ4v) is 3.96. The molecule has 0 atom stereocenters. The number of nitrogens with zero attached hydrogens (tertiary/aromatic N) is 2. The highest BCUT2D eigenvalue weighted by Gasteiger charge is 2.37. The van der Waals surface area contributed by atoms with Crippen molar-refractivity contribution < 1.29 is 4.84 Å². The van der Waals surface area contributed by atoms with Crippen LogP contribution in [0.5, 0.6) is 0 Å². The van der Waals surface area contributed by atoms with Crippen LogP contribution < -0.4 is 5.32 Å². The van der Waals surface area contributed by atoms with Gasteiger partial charge >= 0.3 is 0 Å². The maximum atomic E-state index is 5.63. The number of rotatable bonds is 4. The second-order valence-electron chi connectivity index (χ2n) is 8.93. The molecule has 0 amide bonds. The lowest BCUT2D eigenvalue weighted by molar-refractivity contribution is 0.111. The molecule has 1 aromatic carbocycles. The molecule has 1 aliphatic carbocycles. The highest BCUT2D eigenvalue weighted by atomic mass is 16.6. The van der Waals surface area contributed by atoms with Crippen LogP contribution in [0.2, 0.25) is 0 Å². The molecule has 142 valence electrons. The van der Waals surface area contributed by atoms with Crippen molar-refractivity contribution in [3.8, 4) is 0 Å². The molecule has 3 rings (SSSR count). The van der Waals surface area contributed by atoms with E-state index < -0.39 is 0 Å². The Labute approximate surface area is 158 Å². The monoisotopic (exact) mass is 355 g/mol. The van der Waals surface area contributed by atoms with E-state index in [1.165, 1.54) is 24.0 Å². The Kier molecular flexibility index (Phi) is 5.16. The Bertz CT molecular complexity index is 712. The van der Waals surface area contributed by atoms with Crippen LogP contribution in [0.1, 0.15) is 64.2 Å². The van der Waals surface area contributed by atoms with Gasteiger partial charge < -0.3 is 15.1 Å². The van der Waals surface area contributed by atoms with Gasteiger partial charge in [0, 0.05) is 26.2 Å². The molecule has 4 nitrogen and oxygen atoms in total. The summed E-state index contributed by atoms with van der Waals surface area (Å²) in [6.07, 6.45) is 2.44. The summed E-state index contributed by atoms with van der Waals surface area (Å²) in [6.45, 7) is 19.2. The molecular weight excluding hydrogens is 322 g/mol. The van der Waals surface area contributed by atoms with E-state index >= 15 is 0 Å². The highest BCUT2D eigenvalue weighted by molar-refractivity contribution is 5.98. The van der Waals surface area contributed by atoms with Gasteiger partial charge in [-0.15, -0.1) is 0 Å². The lowest BCUT2D eigenvalue weighted by Gasteiger charge is -2.42. The number of hydrogen-bond donors (Lipinski definition) is 1. The third-order valence-electron chi connectivity index (χ3n) is 6.03. The zero-order valence-electron chi connectivity index (χ0n) is 17.0.